The van der Waals surface area contributed by atoms with Crippen LogP contribution in [0.3, 0.4) is 0 Å². The Kier molecular flexibility index (Phi) is 4.89. The van der Waals surface area contributed by atoms with Gasteiger partial charge in [-0.3, -0.25) is 9.59 Å². The van der Waals surface area contributed by atoms with Crippen molar-refractivity contribution < 1.29 is 4.79 Å². The Hall–Kier alpha value is -2.07. The monoisotopic (exact) mass is 278 g/mol. The van der Waals surface area contributed by atoms with Gasteiger partial charge in [0, 0.05) is 31.9 Å². The number of amides is 1. The Morgan fingerprint density at radius 1 is 1.16 bits per heavy atom. The van der Waals surface area contributed by atoms with E-state index in [1.54, 1.807) is 14.1 Å². The van der Waals surface area contributed by atoms with Crippen LogP contribution in [0.2, 0.25) is 0 Å². The van der Waals surface area contributed by atoms with E-state index in [0.717, 1.165) is 5.56 Å². The highest BCUT2D eigenvalue weighted by atomic mass is 35.5. The summed E-state index contributed by atoms with van der Waals surface area (Å²) in [5, 5.41) is 0. The van der Waals surface area contributed by atoms with Crippen molar-refractivity contribution in [3.8, 4) is 11.1 Å². The van der Waals surface area contributed by atoms with Crippen LogP contribution in [-0.4, -0.2) is 29.9 Å². The van der Waals surface area contributed by atoms with Crippen molar-refractivity contribution >= 4 is 18.3 Å². The van der Waals surface area contributed by atoms with Gasteiger partial charge in [-0.1, -0.05) is 30.3 Å². The van der Waals surface area contributed by atoms with E-state index in [0.29, 0.717) is 11.1 Å². The van der Waals surface area contributed by atoms with Crippen LogP contribution in [0.15, 0.2) is 47.4 Å². The van der Waals surface area contributed by atoms with Crippen molar-refractivity contribution in [3.63, 3.8) is 0 Å². The standard InChI is InChI=1S/C14H14N2O2.ClH/c1-16(2)14(18)12-9-15-13(17)8-11(12)10-6-4-3-5-7-10;/h3-9H,1-2H3,(H,15,17);1H. The minimum Gasteiger partial charge on any atom is -0.345 e. The Morgan fingerprint density at radius 3 is 2.37 bits per heavy atom. The van der Waals surface area contributed by atoms with Crippen molar-refractivity contribution in [1.82, 2.24) is 9.88 Å². The number of nitrogens with one attached hydrogen (secondary N) is 1. The van der Waals surface area contributed by atoms with E-state index in [1.807, 2.05) is 30.3 Å². The molecule has 19 heavy (non-hydrogen) atoms. The number of hydrogen-bond donors (Lipinski definition) is 1. The van der Waals surface area contributed by atoms with Crippen LogP contribution in [-0.2, 0) is 0 Å². The third-order valence-corrected chi connectivity index (χ3v) is 2.65. The summed E-state index contributed by atoms with van der Waals surface area (Å²) in [7, 11) is 3.37. The molecular weight excluding hydrogens is 264 g/mol. The minimum atomic E-state index is -0.218. The maximum Gasteiger partial charge on any atom is 0.255 e. The second kappa shape index (κ2) is 6.20. The lowest BCUT2D eigenvalue weighted by molar-refractivity contribution is 0.0828. The van der Waals surface area contributed by atoms with Crippen LogP contribution in [0.4, 0.5) is 0 Å². The highest BCUT2D eigenvalue weighted by Crippen LogP contribution is 2.22. The topological polar surface area (TPSA) is 53.2 Å². The molecule has 4 nitrogen and oxygen atoms in total. The van der Waals surface area contributed by atoms with Crippen LogP contribution < -0.4 is 5.56 Å². The summed E-state index contributed by atoms with van der Waals surface area (Å²) in [4.78, 5) is 27.5. The second-order valence-electron chi connectivity index (χ2n) is 4.19. The van der Waals surface area contributed by atoms with E-state index in [4.69, 9.17) is 0 Å². The molecule has 1 N–H and O–H groups in total. The Balaban J connectivity index is 0.00000180. The maximum atomic E-state index is 12.1. The van der Waals surface area contributed by atoms with Crippen LogP contribution in [0.1, 0.15) is 10.4 Å². The number of carbonyl (C=O) groups excluding carboxylic acids is 1. The number of benzene rings is 1. The van der Waals surface area contributed by atoms with Gasteiger partial charge < -0.3 is 9.88 Å². The number of pyridine rings is 1. The summed E-state index contributed by atoms with van der Waals surface area (Å²) in [5.41, 5.74) is 1.78. The lowest BCUT2D eigenvalue weighted by atomic mass is 10.0. The Labute approximate surface area is 117 Å². The summed E-state index contributed by atoms with van der Waals surface area (Å²) >= 11 is 0. The fourth-order valence-corrected chi connectivity index (χ4v) is 1.75. The SMILES string of the molecule is CN(C)C(=O)c1c[nH]c(=O)cc1-c1ccccc1.Cl. The molecule has 0 unspecified atom stereocenters. The predicted octanol–water partition coefficient (Wildman–Crippen LogP) is 2.17. The smallest absolute Gasteiger partial charge is 0.255 e. The maximum absolute atomic E-state index is 12.1. The summed E-state index contributed by atoms with van der Waals surface area (Å²) in [6, 6.07) is 10.8. The first-order chi connectivity index (χ1) is 8.59. The molecule has 0 saturated carbocycles. The van der Waals surface area contributed by atoms with Crippen molar-refractivity contribution in [3.05, 3.63) is 58.5 Å². The van der Waals surface area contributed by atoms with E-state index in [-0.39, 0.29) is 23.9 Å². The van der Waals surface area contributed by atoms with E-state index in [2.05, 4.69) is 4.98 Å². The molecule has 0 radical (unpaired) electrons. The molecule has 0 aliphatic rings. The Bertz CT molecular complexity index is 621. The van der Waals surface area contributed by atoms with Crippen LogP contribution in [0.25, 0.3) is 11.1 Å². The number of H-pyrrole nitrogens is 1. The first-order valence-corrected chi connectivity index (χ1v) is 5.59. The number of aromatic amines is 1. The average molecular weight is 279 g/mol. The molecule has 1 amide bonds. The van der Waals surface area contributed by atoms with Gasteiger partial charge >= 0.3 is 0 Å². The largest absolute Gasteiger partial charge is 0.345 e. The number of halogens is 1. The average Bonchev–Trinajstić information content (AvgIpc) is 2.39. The third kappa shape index (κ3) is 3.23. The third-order valence-electron chi connectivity index (χ3n) is 2.65. The number of carbonyl (C=O) groups is 1. The predicted molar refractivity (Wildman–Crippen MR) is 77.8 cm³/mol. The van der Waals surface area contributed by atoms with Gasteiger partial charge in [-0.05, 0) is 5.56 Å². The van der Waals surface area contributed by atoms with Crippen molar-refractivity contribution in [2.24, 2.45) is 0 Å². The van der Waals surface area contributed by atoms with E-state index >= 15 is 0 Å². The van der Waals surface area contributed by atoms with Crippen molar-refractivity contribution in [1.29, 1.82) is 0 Å². The normalized spacial score (nSPS) is 9.58. The molecule has 5 heteroatoms. The zero-order chi connectivity index (χ0) is 13.1. The molecule has 100 valence electrons. The highest BCUT2D eigenvalue weighted by molar-refractivity contribution is 6.00. The highest BCUT2D eigenvalue weighted by Gasteiger charge is 2.14. The summed E-state index contributed by atoms with van der Waals surface area (Å²) in [6.45, 7) is 0. The van der Waals surface area contributed by atoms with Gasteiger partial charge in [-0.15, -0.1) is 12.4 Å². The molecule has 1 aromatic carbocycles. The fraction of sp³-hybridized carbons (Fsp3) is 0.143. The molecule has 0 fully saturated rings. The van der Waals surface area contributed by atoms with Gasteiger partial charge in [0.1, 0.15) is 0 Å². The molecule has 2 aromatic rings. The van der Waals surface area contributed by atoms with Gasteiger partial charge in [-0.2, -0.15) is 0 Å². The van der Waals surface area contributed by atoms with E-state index in [9.17, 15) is 9.59 Å². The van der Waals surface area contributed by atoms with Crippen molar-refractivity contribution in [2.45, 2.75) is 0 Å². The summed E-state index contributed by atoms with van der Waals surface area (Å²) in [6.07, 6.45) is 1.47. The molecule has 0 bridgehead atoms. The van der Waals surface area contributed by atoms with Crippen LogP contribution >= 0.6 is 12.4 Å². The van der Waals surface area contributed by atoms with Gasteiger partial charge in [0.2, 0.25) is 5.56 Å². The second-order valence-corrected chi connectivity index (χ2v) is 4.19. The first kappa shape index (κ1) is 15.0. The van der Waals surface area contributed by atoms with Gasteiger partial charge in [0.05, 0.1) is 5.56 Å². The van der Waals surface area contributed by atoms with E-state index < -0.39 is 0 Å². The lowest BCUT2D eigenvalue weighted by Crippen LogP contribution is -2.23. The number of hydrogen-bond acceptors (Lipinski definition) is 2. The molecule has 0 saturated heterocycles. The van der Waals surface area contributed by atoms with Gasteiger partial charge in [0.25, 0.3) is 5.91 Å². The molecule has 0 aliphatic carbocycles. The van der Waals surface area contributed by atoms with Gasteiger partial charge in [-0.25, -0.2) is 0 Å². The molecule has 0 spiro atoms. The molecule has 1 heterocycles. The van der Waals surface area contributed by atoms with Crippen LogP contribution in [0.5, 0.6) is 0 Å². The number of nitrogens with zero attached hydrogens (tertiary/aromatic N) is 1. The Morgan fingerprint density at radius 2 is 1.79 bits per heavy atom. The summed E-state index contributed by atoms with van der Waals surface area (Å²) < 4.78 is 0. The quantitative estimate of drug-likeness (QED) is 0.915. The molecule has 1 aromatic heterocycles. The fourth-order valence-electron chi connectivity index (χ4n) is 1.75. The molecule has 0 atom stereocenters. The minimum absolute atomic E-state index is 0. The van der Waals surface area contributed by atoms with Crippen LogP contribution in [0, 0.1) is 0 Å². The molecule has 0 aliphatic heterocycles. The van der Waals surface area contributed by atoms with E-state index in [1.165, 1.54) is 17.2 Å². The summed E-state index contributed by atoms with van der Waals surface area (Å²) in [5.74, 6) is -0.134. The molecular formula is C14H15ClN2O2. The van der Waals surface area contributed by atoms with Crippen molar-refractivity contribution in [2.75, 3.05) is 14.1 Å². The number of rotatable bonds is 2. The first-order valence-electron chi connectivity index (χ1n) is 5.59. The van der Waals surface area contributed by atoms with Gasteiger partial charge in [0.15, 0.2) is 0 Å². The zero-order valence-electron chi connectivity index (χ0n) is 10.7. The zero-order valence-corrected chi connectivity index (χ0v) is 11.5. The lowest BCUT2D eigenvalue weighted by Gasteiger charge is -2.13. The molecule has 2 rings (SSSR count). The number of aromatic nitrogens is 1.